The largest absolute Gasteiger partial charge is 0.330 e. The number of hydrogen-bond donors (Lipinski definition) is 1. The zero-order valence-corrected chi connectivity index (χ0v) is 12.1. The minimum absolute atomic E-state index is 0.300. The van der Waals surface area contributed by atoms with Crippen LogP contribution in [0, 0.1) is 0 Å². The topological polar surface area (TPSA) is 46.3 Å². The van der Waals surface area contributed by atoms with Crippen LogP contribution in [0.4, 0.5) is 5.69 Å². The van der Waals surface area contributed by atoms with Gasteiger partial charge < -0.3 is 10.6 Å². The van der Waals surface area contributed by atoms with Crippen molar-refractivity contribution >= 4 is 11.6 Å². The summed E-state index contributed by atoms with van der Waals surface area (Å²) in [6.45, 7) is 1.67. The molecular formula is C17H24N2O. The maximum Gasteiger partial charge on any atom is 0.227 e. The van der Waals surface area contributed by atoms with E-state index in [2.05, 4.69) is 18.2 Å². The number of benzene rings is 1. The summed E-state index contributed by atoms with van der Waals surface area (Å²) in [4.78, 5) is 14.5. The van der Waals surface area contributed by atoms with Crippen molar-refractivity contribution in [1.82, 2.24) is 0 Å². The molecule has 1 aliphatic heterocycles. The number of anilines is 1. The lowest BCUT2D eigenvalue weighted by Gasteiger charge is -2.17. The lowest BCUT2D eigenvalue weighted by Crippen LogP contribution is -2.31. The molecule has 0 radical (unpaired) electrons. The van der Waals surface area contributed by atoms with Gasteiger partial charge in [0.2, 0.25) is 5.91 Å². The summed E-state index contributed by atoms with van der Waals surface area (Å²) >= 11 is 0. The highest BCUT2D eigenvalue weighted by Crippen LogP contribution is 2.56. The number of unbranched alkanes of at least 4 members (excludes halogenated alkanes) is 3. The van der Waals surface area contributed by atoms with Crippen molar-refractivity contribution in [3.05, 3.63) is 29.8 Å². The van der Waals surface area contributed by atoms with Crippen LogP contribution in [-0.4, -0.2) is 19.0 Å². The number of para-hydroxylation sites is 1. The fraction of sp³-hybridized carbons (Fsp3) is 0.588. The van der Waals surface area contributed by atoms with E-state index in [4.69, 9.17) is 5.73 Å². The molecule has 1 saturated carbocycles. The first kappa shape index (κ1) is 13.6. The van der Waals surface area contributed by atoms with Crippen LogP contribution in [0.1, 0.15) is 50.5 Å². The smallest absolute Gasteiger partial charge is 0.227 e. The maximum absolute atomic E-state index is 12.5. The van der Waals surface area contributed by atoms with Gasteiger partial charge in [-0.2, -0.15) is 0 Å². The Morgan fingerprint density at radius 1 is 1.15 bits per heavy atom. The minimum Gasteiger partial charge on any atom is -0.330 e. The number of nitrogens with zero attached hydrogens (tertiary/aromatic N) is 1. The molecule has 1 spiro atoms. The second-order valence-electron chi connectivity index (χ2n) is 6.23. The molecule has 20 heavy (non-hydrogen) atoms. The van der Waals surface area contributed by atoms with Gasteiger partial charge in [0.05, 0.1) is 0 Å². The fourth-order valence-electron chi connectivity index (χ4n) is 3.34. The van der Waals surface area contributed by atoms with Crippen molar-refractivity contribution in [3.8, 4) is 0 Å². The first-order valence-corrected chi connectivity index (χ1v) is 7.87. The van der Waals surface area contributed by atoms with Crippen LogP contribution in [0.15, 0.2) is 24.3 Å². The molecule has 0 atom stereocenters. The molecule has 0 bridgehead atoms. The highest BCUT2D eigenvalue weighted by Gasteiger charge is 2.52. The molecule has 3 nitrogen and oxygen atoms in total. The van der Waals surface area contributed by atoms with Gasteiger partial charge in [-0.15, -0.1) is 0 Å². The lowest BCUT2D eigenvalue weighted by molar-refractivity contribution is -0.118. The van der Waals surface area contributed by atoms with Crippen LogP contribution >= 0.6 is 0 Å². The summed E-state index contributed by atoms with van der Waals surface area (Å²) in [6.07, 6.45) is 7.48. The van der Waals surface area contributed by atoms with E-state index < -0.39 is 0 Å². The summed E-state index contributed by atoms with van der Waals surface area (Å²) in [7, 11) is 0. The van der Waals surface area contributed by atoms with E-state index in [0.29, 0.717) is 17.7 Å². The van der Waals surface area contributed by atoms with Gasteiger partial charge in [-0.3, -0.25) is 4.79 Å². The van der Waals surface area contributed by atoms with Crippen molar-refractivity contribution in [2.24, 2.45) is 5.73 Å². The Kier molecular flexibility index (Phi) is 3.79. The second-order valence-corrected chi connectivity index (χ2v) is 6.23. The normalized spacial score (nSPS) is 18.4. The third-order valence-corrected chi connectivity index (χ3v) is 4.73. The molecule has 0 unspecified atom stereocenters. The summed E-state index contributed by atoms with van der Waals surface area (Å²) < 4.78 is 0. The highest BCUT2D eigenvalue weighted by molar-refractivity contribution is 5.96. The average molecular weight is 272 g/mol. The number of nitrogens with two attached hydrogens (primary N) is 1. The summed E-state index contributed by atoms with van der Waals surface area (Å²) in [5.41, 5.74) is 8.36. The fourth-order valence-corrected chi connectivity index (χ4v) is 3.34. The van der Waals surface area contributed by atoms with Gasteiger partial charge in [-0.1, -0.05) is 31.0 Å². The molecule has 1 heterocycles. The number of hydrogen-bond acceptors (Lipinski definition) is 2. The van der Waals surface area contributed by atoms with Crippen LogP contribution in [0.5, 0.6) is 0 Å². The van der Waals surface area contributed by atoms with E-state index in [9.17, 15) is 4.79 Å². The molecule has 1 aliphatic carbocycles. The molecule has 0 saturated heterocycles. The minimum atomic E-state index is 0.300. The van der Waals surface area contributed by atoms with Gasteiger partial charge in [-0.25, -0.2) is 0 Å². The molecule has 1 amide bonds. The molecule has 3 rings (SSSR count). The molecule has 3 heteroatoms. The highest BCUT2D eigenvalue weighted by atomic mass is 16.2. The van der Waals surface area contributed by atoms with E-state index in [-0.39, 0.29) is 0 Å². The zero-order valence-electron chi connectivity index (χ0n) is 12.1. The van der Waals surface area contributed by atoms with E-state index >= 15 is 0 Å². The van der Waals surface area contributed by atoms with Crippen LogP contribution in [0.25, 0.3) is 0 Å². The van der Waals surface area contributed by atoms with Crippen LogP contribution in [-0.2, 0) is 10.2 Å². The van der Waals surface area contributed by atoms with Crippen molar-refractivity contribution in [3.63, 3.8) is 0 Å². The maximum atomic E-state index is 12.5. The summed E-state index contributed by atoms with van der Waals surface area (Å²) in [6, 6.07) is 8.45. The predicted octanol–water partition coefficient (Wildman–Crippen LogP) is 2.97. The van der Waals surface area contributed by atoms with E-state index in [1.54, 1.807) is 0 Å². The van der Waals surface area contributed by atoms with Gasteiger partial charge in [0.25, 0.3) is 0 Å². The number of fused-ring (bicyclic) bond motifs is 2. The SMILES string of the molecule is NCCCCCCC(=O)N1CC2(CC2)c2ccccc21. The Labute approximate surface area is 121 Å². The number of carbonyl (C=O) groups is 1. The first-order chi connectivity index (χ1) is 9.77. The zero-order chi connectivity index (χ0) is 14.0. The van der Waals surface area contributed by atoms with Gasteiger partial charge in [-0.05, 0) is 43.9 Å². The predicted molar refractivity (Wildman–Crippen MR) is 81.8 cm³/mol. The van der Waals surface area contributed by atoms with Crippen molar-refractivity contribution in [1.29, 1.82) is 0 Å². The van der Waals surface area contributed by atoms with Crippen LogP contribution in [0.2, 0.25) is 0 Å². The molecular weight excluding hydrogens is 248 g/mol. The van der Waals surface area contributed by atoms with Crippen molar-refractivity contribution < 1.29 is 4.79 Å². The van der Waals surface area contributed by atoms with Gasteiger partial charge >= 0.3 is 0 Å². The molecule has 0 aromatic heterocycles. The molecule has 2 N–H and O–H groups in total. The van der Waals surface area contributed by atoms with Gasteiger partial charge in [0.1, 0.15) is 0 Å². The Bertz CT molecular complexity index is 494. The average Bonchev–Trinajstić information content (AvgIpc) is 3.17. The van der Waals surface area contributed by atoms with Gasteiger partial charge in [0.15, 0.2) is 0 Å². The summed E-state index contributed by atoms with van der Waals surface area (Å²) in [5.74, 6) is 0.300. The van der Waals surface area contributed by atoms with Crippen molar-refractivity contribution in [2.75, 3.05) is 18.0 Å². The Balaban J connectivity index is 1.60. The molecule has 1 fully saturated rings. The first-order valence-electron chi connectivity index (χ1n) is 7.87. The van der Waals surface area contributed by atoms with Crippen molar-refractivity contribution in [2.45, 2.75) is 50.4 Å². The lowest BCUT2D eigenvalue weighted by atomic mass is 9.99. The third-order valence-electron chi connectivity index (χ3n) is 4.73. The molecule has 1 aromatic rings. The van der Waals surface area contributed by atoms with Crippen LogP contribution < -0.4 is 10.6 Å². The Morgan fingerprint density at radius 2 is 1.90 bits per heavy atom. The quantitative estimate of drug-likeness (QED) is 0.809. The number of carbonyl (C=O) groups excluding carboxylic acids is 1. The summed E-state index contributed by atoms with van der Waals surface area (Å²) in [5, 5.41) is 0. The standard InChI is InChI=1S/C17H24N2O/c18-12-6-2-1-3-9-16(20)19-13-17(10-11-17)14-7-4-5-8-15(14)19/h4-5,7-8H,1-3,6,9-13,18H2. The third kappa shape index (κ3) is 2.47. The Hall–Kier alpha value is -1.35. The van der Waals surface area contributed by atoms with E-state index in [1.807, 2.05) is 11.0 Å². The molecule has 1 aromatic carbocycles. The van der Waals surface area contributed by atoms with E-state index in [0.717, 1.165) is 44.5 Å². The second kappa shape index (κ2) is 5.57. The van der Waals surface area contributed by atoms with E-state index in [1.165, 1.54) is 18.4 Å². The number of rotatable bonds is 6. The van der Waals surface area contributed by atoms with Gasteiger partial charge in [0, 0.05) is 24.1 Å². The number of amides is 1. The van der Waals surface area contributed by atoms with Crippen LogP contribution in [0.3, 0.4) is 0 Å². The Morgan fingerprint density at radius 3 is 2.65 bits per heavy atom. The monoisotopic (exact) mass is 272 g/mol. The molecule has 108 valence electrons. The molecule has 2 aliphatic rings.